The second kappa shape index (κ2) is 6.75. The molecule has 1 unspecified atom stereocenters. The number of hydrogen-bond donors (Lipinski definition) is 1. The molecule has 1 N–H and O–H groups in total. The number of nitrogens with one attached hydrogen (secondary N) is 1. The SMILES string of the molecule is CC(NC(=O)N1CCc2cc(F)ccc2C1)c1nc(C(C)(C)C)cs1. The molecule has 25 heavy (non-hydrogen) atoms. The lowest BCUT2D eigenvalue weighted by Gasteiger charge is -2.30. The first kappa shape index (κ1) is 17.9. The summed E-state index contributed by atoms with van der Waals surface area (Å²) in [5, 5.41) is 6.01. The molecule has 2 amide bonds. The smallest absolute Gasteiger partial charge is 0.318 e. The van der Waals surface area contributed by atoms with Crippen LogP contribution in [0, 0.1) is 5.82 Å². The van der Waals surface area contributed by atoms with Gasteiger partial charge in [0.25, 0.3) is 0 Å². The van der Waals surface area contributed by atoms with E-state index < -0.39 is 0 Å². The van der Waals surface area contributed by atoms with E-state index in [1.165, 1.54) is 6.07 Å². The van der Waals surface area contributed by atoms with Crippen LogP contribution >= 0.6 is 11.3 Å². The van der Waals surface area contributed by atoms with E-state index in [2.05, 4.69) is 36.5 Å². The number of rotatable bonds is 2. The van der Waals surface area contributed by atoms with Crippen LogP contribution in [-0.4, -0.2) is 22.5 Å². The van der Waals surface area contributed by atoms with Crippen molar-refractivity contribution >= 4 is 17.4 Å². The Morgan fingerprint density at radius 3 is 2.80 bits per heavy atom. The average Bonchev–Trinajstić information content (AvgIpc) is 3.04. The van der Waals surface area contributed by atoms with Crippen LogP contribution in [0.5, 0.6) is 0 Å². The van der Waals surface area contributed by atoms with Gasteiger partial charge in [-0.15, -0.1) is 11.3 Å². The fourth-order valence-electron chi connectivity index (χ4n) is 2.86. The summed E-state index contributed by atoms with van der Waals surface area (Å²) in [5.74, 6) is -0.219. The van der Waals surface area contributed by atoms with Crippen LogP contribution < -0.4 is 5.32 Å². The zero-order chi connectivity index (χ0) is 18.2. The number of fused-ring (bicyclic) bond motifs is 1. The topological polar surface area (TPSA) is 45.2 Å². The molecule has 0 radical (unpaired) electrons. The molecule has 0 saturated carbocycles. The number of thiazole rings is 1. The van der Waals surface area contributed by atoms with Gasteiger partial charge in [-0.05, 0) is 36.6 Å². The maximum Gasteiger partial charge on any atom is 0.318 e. The summed E-state index contributed by atoms with van der Waals surface area (Å²) in [5.41, 5.74) is 3.05. The largest absolute Gasteiger partial charge is 0.329 e. The fourth-order valence-corrected chi connectivity index (χ4v) is 3.92. The van der Waals surface area contributed by atoms with Crippen molar-refractivity contribution < 1.29 is 9.18 Å². The third kappa shape index (κ3) is 4.00. The molecule has 0 bridgehead atoms. The van der Waals surface area contributed by atoms with Gasteiger partial charge in [-0.25, -0.2) is 14.2 Å². The van der Waals surface area contributed by atoms with Crippen molar-refractivity contribution in [1.29, 1.82) is 0 Å². The van der Waals surface area contributed by atoms with Crippen molar-refractivity contribution in [3.63, 3.8) is 0 Å². The van der Waals surface area contributed by atoms with Crippen LogP contribution in [0.15, 0.2) is 23.6 Å². The number of hydrogen-bond acceptors (Lipinski definition) is 3. The Morgan fingerprint density at radius 2 is 2.12 bits per heavy atom. The molecule has 0 aliphatic carbocycles. The van der Waals surface area contributed by atoms with E-state index >= 15 is 0 Å². The molecule has 1 aromatic carbocycles. The number of aromatic nitrogens is 1. The van der Waals surface area contributed by atoms with Crippen molar-refractivity contribution in [3.8, 4) is 0 Å². The lowest BCUT2D eigenvalue weighted by molar-refractivity contribution is 0.189. The van der Waals surface area contributed by atoms with Gasteiger partial charge in [-0.3, -0.25) is 0 Å². The van der Waals surface area contributed by atoms with Crippen molar-refractivity contribution in [1.82, 2.24) is 15.2 Å². The Kier molecular flexibility index (Phi) is 4.82. The number of nitrogens with zero attached hydrogens (tertiary/aromatic N) is 2. The zero-order valence-corrected chi connectivity index (χ0v) is 15.9. The molecular weight excluding hydrogens is 337 g/mol. The standard InChI is InChI=1S/C19H24FN3OS/c1-12(17-22-16(11-25-17)19(2,3)4)21-18(24)23-8-7-13-9-15(20)6-5-14(13)10-23/h5-6,9,11-12H,7-8,10H2,1-4H3,(H,21,24). The second-order valence-corrected chi connectivity index (χ2v) is 8.47. The summed E-state index contributed by atoms with van der Waals surface area (Å²) >= 11 is 1.58. The van der Waals surface area contributed by atoms with Gasteiger partial charge in [0.15, 0.2) is 0 Å². The minimum absolute atomic E-state index is 0.00430. The van der Waals surface area contributed by atoms with Crippen LogP contribution in [0.2, 0.25) is 0 Å². The molecule has 4 nitrogen and oxygen atoms in total. The summed E-state index contributed by atoms with van der Waals surface area (Å²) in [4.78, 5) is 19.0. The van der Waals surface area contributed by atoms with Gasteiger partial charge in [0, 0.05) is 23.9 Å². The number of urea groups is 1. The first-order valence-corrected chi connectivity index (χ1v) is 9.40. The summed E-state index contributed by atoms with van der Waals surface area (Å²) in [6.45, 7) is 9.45. The Hall–Kier alpha value is -1.95. The average molecular weight is 361 g/mol. The Morgan fingerprint density at radius 1 is 1.36 bits per heavy atom. The van der Waals surface area contributed by atoms with Crippen molar-refractivity contribution in [2.45, 2.75) is 52.1 Å². The summed E-state index contributed by atoms with van der Waals surface area (Å²) < 4.78 is 13.3. The predicted octanol–water partition coefficient (Wildman–Crippen LogP) is 4.41. The van der Waals surface area contributed by atoms with Crippen LogP contribution in [0.1, 0.15) is 55.6 Å². The lowest BCUT2D eigenvalue weighted by atomic mass is 9.93. The fraction of sp³-hybridized carbons (Fsp3) is 0.474. The zero-order valence-electron chi connectivity index (χ0n) is 15.1. The van der Waals surface area contributed by atoms with E-state index in [-0.39, 0.29) is 23.3 Å². The highest BCUT2D eigenvalue weighted by molar-refractivity contribution is 7.09. The van der Waals surface area contributed by atoms with Crippen LogP contribution in [0.25, 0.3) is 0 Å². The number of carbonyl (C=O) groups excluding carboxylic acids is 1. The van der Waals surface area contributed by atoms with Crippen LogP contribution in [0.4, 0.5) is 9.18 Å². The molecule has 6 heteroatoms. The maximum atomic E-state index is 13.3. The first-order chi connectivity index (χ1) is 11.7. The van der Waals surface area contributed by atoms with Gasteiger partial charge >= 0.3 is 6.03 Å². The van der Waals surface area contributed by atoms with Gasteiger partial charge in [0.05, 0.1) is 11.7 Å². The normalized spacial score (nSPS) is 15.6. The number of amides is 2. The van der Waals surface area contributed by atoms with Crippen LogP contribution in [0.3, 0.4) is 0 Å². The molecule has 2 heterocycles. The summed E-state index contributed by atoms with van der Waals surface area (Å²) in [6, 6.07) is 4.55. The van der Waals surface area contributed by atoms with E-state index in [0.717, 1.165) is 21.8 Å². The van der Waals surface area contributed by atoms with Gasteiger partial charge in [-0.1, -0.05) is 26.8 Å². The molecule has 0 fully saturated rings. The van der Waals surface area contributed by atoms with E-state index in [1.54, 1.807) is 28.4 Å². The number of halogens is 1. The number of benzene rings is 1. The van der Waals surface area contributed by atoms with Crippen molar-refractivity contribution in [2.24, 2.45) is 0 Å². The maximum absolute atomic E-state index is 13.3. The molecule has 3 rings (SSSR count). The van der Waals surface area contributed by atoms with E-state index in [1.807, 2.05) is 6.92 Å². The van der Waals surface area contributed by atoms with E-state index in [0.29, 0.717) is 19.5 Å². The highest BCUT2D eigenvalue weighted by Gasteiger charge is 2.24. The van der Waals surface area contributed by atoms with Gasteiger partial charge in [-0.2, -0.15) is 0 Å². The van der Waals surface area contributed by atoms with Crippen molar-refractivity contribution in [3.05, 3.63) is 51.2 Å². The van der Waals surface area contributed by atoms with Gasteiger partial charge in [0.1, 0.15) is 10.8 Å². The van der Waals surface area contributed by atoms with Crippen LogP contribution in [-0.2, 0) is 18.4 Å². The summed E-state index contributed by atoms with van der Waals surface area (Å²) in [6.07, 6.45) is 0.681. The lowest BCUT2D eigenvalue weighted by Crippen LogP contribution is -2.43. The Labute approximate surface area is 152 Å². The number of carbonyl (C=O) groups is 1. The Balaban J connectivity index is 1.64. The molecule has 1 aliphatic rings. The highest BCUT2D eigenvalue weighted by atomic mass is 32.1. The first-order valence-electron chi connectivity index (χ1n) is 8.52. The molecule has 2 aromatic rings. The Bertz CT molecular complexity index is 781. The second-order valence-electron chi connectivity index (χ2n) is 7.58. The minimum Gasteiger partial charge on any atom is -0.329 e. The predicted molar refractivity (Wildman–Crippen MR) is 98.3 cm³/mol. The third-order valence-electron chi connectivity index (χ3n) is 4.47. The van der Waals surface area contributed by atoms with Gasteiger partial charge in [0.2, 0.25) is 0 Å². The third-order valence-corrected chi connectivity index (χ3v) is 5.50. The highest BCUT2D eigenvalue weighted by Crippen LogP contribution is 2.27. The van der Waals surface area contributed by atoms with E-state index in [4.69, 9.17) is 0 Å². The molecule has 1 atom stereocenters. The molecule has 1 aliphatic heterocycles. The van der Waals surface area contributed by atoms with E-state index in [9.17, 15) is 9.18 Å². The molecule has 0 saturated heterocycles. The molecule has 0 spiro atoms. The van der Waals surface area contributed by atoms with Gasteiger partial charge < -0.3 is 10.2 Å². The van der Waals surface area contributed by atoms with Crippen molar-refractivity contribution in [2.75, 3.05) is 6.54 Å². The quantitative estimate of drug-likeness (QED) is 0.861. The minimum atomic E-state index is -0.219. The summed E-state index contributed by atoms with van der Waals surface area (Å²) in [7, 11) is 0. The molecule has 1 aromatic heterocycles. The molecular formula is C19H24FN3OS. The monoisotopic (exact) mass is 361 g/mol. The molecule has 134 valence electrons.